The van der Waals surface area contributed by atoms with Crippen molar-refractivity contribution in [2.45, 2.75) is 6.36 Å². The maximum atomic E-state index is 12.5. The van der Waals surface area contributed by atoms with E-state index >= 15 is 0 Å². The zero-order valence-electron chi connectivity index (χ0n) is 12.9. The molecule has 6 nitrogen and oxygen atoms in total. The van der Waals surface area contributed by atoms with E-state index in [2.05, 4.69) is 19.9 Å². The maximum Gasteiger partial charge on any atom is 0.573 e. The predicted molar refractivity (Wildman–Crippen MR) is 89.4 cm³/mol. The summed E-state index contributed by atoms with van der Waals surface area (Å²) in [5.41, 5.74) is 1.38. The van der Waals surface area contributed by atoms with Crippen molar-refractivity contribution in [3.8, 4) is 22.9 Å². The van der Waals surface area contributed by atoms with Crippen molar-refractivity contribution in [1.29, 1.82) is 0 Å². The molecule has 0 spiro atoms. The van der Waals surface area contributed by atoms with E-state index in [-0.39, 0.29) is 28.2 Å². The van der Waals surface area contributed by atoms with Crippen LogP contribution >= 0.6 is 0 Å². The van der Waals surface area contributed by atoms with Crippen LogP contribution in [0.2, 0.25) is 0 Å². The van der Waals surface area contributed by atoms with Gasteiger partial charge < -0.3 is 19.8 Å². The number of nitrogens with one attached hydrogen (secondary N) is 2. The first-order chi connectivity index (χ1) is 12.4. The van der Waals surface area contributed by atoms with Gasteiger partial charge in [-0.25, -0.2) is 0 Å². The molecule has 2 aromatic carbocycles. The Morgan fingerprint density at radius 1 is 1.00 bits per heavy atom. The van der Waals surface area contributed by atoms with Gasteiger partial charge in [0.2, 0.25) is 0 Å². The van der Waals surface area contributed by atoms with E-state index in [0.717, 1.165) is 12.1 Å². The van der Waals surface area contributed by atoms with Crippen LogP contribution in [0.4, 0.5) is 18.9 Å². The first-order valence-corrected chi connectivity index (χ1v) is 7.42. The van der Waals surface area contributed by atoms with E-state index in [9.17, 15) is 23.2 Å². The molecule has 132 valence electrons. The Labute approximate surface area is 143 Å². The zero-order valence-corrected chi connectivity index (χ0v) is 12.9. The number of aromatic nitrogens is 2. The van der Waals surface area contributed by atoms with Gasteiger partial charge in [0.25, 0.3) is 0 Å². The van der Waals surface area contributed by atoms with Crippen LogP contribution in [0.1, 0.15) is 0 Å². The maximum absolute atomic E-state index is 12.5. The number of nitroso groups, excluding NO2 is 1. The van der Waals surface area contributed by atoms with Crippen molar-refractivity contribution in [3.05, 3.63) is 47.4 Å². The summed E-state index contributed by atoms with van der Waals surface area (Å²) < 4.78 is 41.4. The van der Waals surface area contributed by atoms with E-state index in [1.807, 2.05) is 0 Å². The fourth-order valence-corrected chi connectivity index (χ4v) is 3.01. The number of H-pyrrole nitrogens is 2. The molecule has 2 aromatic heterocycles. The molecule has 0 aliphatic rings. The van der Waals surface area contributed by atoms with Crippen LogP contribution in [-0.4, -0.2) is 21.4 Å². The van der Waals surface area contributed by atoms with E-state index < -0.39 is 12.1 Å². The molecule has 3 N–H and O–H groups in total. The number of para-hydroxylation sites is 1. The third kappa shape index (κ3) is 2.53. The Balaban J connectivity index is 1.98. The second kappa shape index (κ2) is 5.51. The summed E-state index contributed by atoms with van der Waals surface area (Å²) in [5.74, 6) is -0.748. The Kier molecular flexibility index (Phi) is 3.39. The molecule has 0 aliphatic carbocycles. The lowest BCUT2D eigenvalue weighted by Crippen LogP contribution is -2.16. The minimum absolute atomic E-state index is 0.0546. The fraction of sp³-hybridized carbons (Fsp3) is 0.0588. The normalized spacial score (nSPS) is 12.0. The molecule has 4 aromatic rings. The number of alkyl halides is 3. The van der Waals surface area contributed by atoms with Gasteiger partial charge in [0.15, 0.2) is 5.88 Å². The number of nitrogens with zero attached hydrogens (tertiary/aromatic N) is 1. The molecule has 4 rings (SSSR count). The van der Waals surface area contributed by atoms with E-state index in [0.29, 0.717) is 16.4 Å². The summed E-state index contributed by atoms with van der Waals surface area (Å²) in [4.78, 5) is 17.0. The first kappa shape index (κ1) is 16.0. The van der Waals surface area contributed by atoms with Gasteiger partial charge in [0, 0.05) is 21.8 Å². The highest BCUT2D eigenvalue weighted by atomic mass is 19.4. The largest absolute Gasteiger partial charge is 0.573 e. The van der Waals surface area contributed by atoms with Gasteiger partial charge in [-0.05, 0) is 29.4 Å². The lowest BCUT2D eigenvalue weighted by Gasteiger charge is -2.08. The van der Waals surface area contributed by atoms with Gasteiger partial charge >= 0.3 is 6.36 Å². The molecular formula is C17H10F3N3O3. The number of rotatable bonds is 3. The van der Waals surface area contributed by atoms with Crippen molar-refractivity contribution in [2.75, 3.05) is 0 Å². The number of fused-ring (bicyclic) bond motifs is 2. The van der Waals surface area contributed by atoms with Crippen LogP contribution in [-0.2, 0) is 0 Å². The molecular weight excluding hydrogens is 351 g/mol. The average Bonchev–Trinajstić information content (AvgIpc) is 3.09. The van der Waals surface area contributed by atoms with Crippen molar-refractivity contribution in [2.24, 2.45) is 5.18 Å². The molecule has 0 radical (unpaired) electrons. The Morgan fingerprint density at radius 2 is 1.73 bits per heavy atom. The zero-order chi connectivity index (χ0) is 18.5. The Bertz CT molecular complexity index is 1140. The molecule has 0 aliphatic heterocycles. The minimum atomic E-state index is -4.84. The van der Waals surface area contributed by atoms with Gasteiger partial charge in [-0.3, -0.25) is 0 Å². The fourth-order valence-electron chi connectivity index (χ4n) is 3.01. The van der Waals surface area contributed by atoms with Gasteiger partial charge in [-0.2, -0.15) is 0 Å². The Hall–Kier alpha value is -3.49. The first-order valence-electron chi connectivity index (χ1n) is 7.42. The number of aromatic hydroxyl groups is 1. The quantitative estimate of drug-likeness (QED) is 0.431. The molecule has 0 saturated heterocycles. The lowest BCUT2D eigenvalue weighted by molar-refractivity contribution is -0.274. The third-order valence-corrected chi connectivity index (χ3v) is 4.00. The average molecular weight is 361 g/mol. The van der Waals surface area contributed by atoms with Crippen LogP contribution in [0.15, 0.2) is 47.6 Å². The standard InChI is InChI=1S/C17H10F3N3O3/c18-17(19,20)26-8-5-6-12-10(7-8)13(16(24)22-12)15-14(23-25)9-3-1-2-4-11(9)21-15/h1-7,21-22,24H. The van der Waals surface area contributed by atoms with Crippen molar-refractivity contribution in [1.82, 2.24) is 9.97 Å². The topological polar surface area (TPSA) is 90.5 Å². The third-order valence-electron chi connectivity index (χ3n) is 4.00. The molecule has 0 amide bonds. The molecule has 0 unspecified atom stereocenters. The van der Waals surface area contributed by atoms with Crippen LogP contribution in [0.3, 0.4) is 0 Å². The Morgan fingerprint density at radius 3 is 2.46 bits per heavy atom. The van der Waals surface area contributed by atoms with Crippen LogP contribution < -0.4 is 4.74 Å². The van der Waals surface area contributed by atoms with E-state index in [4.69, 9.17) is 0 Å². The molecule has 0 saturated carbocycles. The van der Waals surface area contributed by atoms with Crippen molar-refractivity contribution in [3.63, 3.8) is 0 Å². The van der Waals surface area contributed by atoms with Crippen molar-refractivity contribution >= 4 is 27.5 Å². The number of ether oxygens (including phenoxy) is 1. The molecule has 0 fully saturated rings. The summed E-state index contributed by atoms with van der Waals surface area (Å²) in [7, 11) is 0. The van der Waals surface area contributed by atoms with Crippen LogP contribution in [0.5, 0.6) is 11.6 Å². The molecule has 0 bridgehead atoms. The molecule has 0 atom stereocenters. The van der Waals surface area contributed by atoms with E-state index in [1.165, 1.54) is 6.07 Å². The monoisotopic (exact) mass is 361 g/mol. The van der Waals surface area contributed by atoms with Gasteiger partial charge in [0.05, 0.1) is 11.3 Å². The summed E-state index contributed by atoms with van der Waals surface area (Å²) in [5, 5.41) is 14.1. The van der Waals surface area contributed by atoms with Crippen LogP contribution in [0.25, 0.3) is 33.1 Å². The highest BCUT2D eigenvalue weighted by Crippen LogP contribution is 2.45. The van der Waals surface area contributed by atoms with Crippen LogP contribution in [0, 0.1) is 4.91 Å². The van der Waals surface area contributed by atoms with Gasteiger partial charge in [-0.15, -0.1) is 18.1 Å². The summed E-state index contributed by atoms with van der Waals surface area (Å²) in [6.45, 7) is 0. The molecule has 26 heavy (non-hydrogen) atoms. The number of hydrogen-bond donors (Lipinski definition) is 3. The number of hydrogen-bond acceptors (Lipinski definition) is 4. The van der Waals surface area contributed by atoms with Gasteiger partial charge in [-0.1, -0.05) is 18.2 Å². The van der Waals surface area contributed by atoms with Gasteiger partial charge in [0.1, 0.15) is 11.4 Å². The summed E-state index contributed by atoms with van der Waals surface area (Å²) in [6.07, 6.45) is -4.84. The SMILES string of the molecule is O=Nc1c(-c2c(O)[nH]c3ccc(OC(F)(F)F)cc23)[nH]c2ccccc12. The number of benzene rings is 2. The second-order valence-corrected chi connectivity index (χ2v) is 5.59. The minimum Gasteiger partial charge on any atom is -0.494 e. The summed E-state index contributed by atoms with van der Waals surface area (Å²) in [6, 6.07) is 10.5. The van der Waals surface area contributed by atoms with E-state index in [1.54, 1.807) is 24.3 Å². The smallest absolute Gasteiger partial charge is 0.494 e. The highest BCUT2D eigenvalue weighted by molar-refractivity contribution is 6.07. The van der Waals surface area contributed by atoms with Crippen molar-refractivity contribution < 1.29 is 23.0 Å². The molecule has 9 heteroatoms. The lowest BCUT2D eigenvalue weighted by atomic mass is 10.1. The number of aromatic amines is 2. The predicted octanol–water partition coefficient (Wildman–Crippen LogP) is 5.32. The molecule has 2 heterocycles. The summed E-state index contributed by atoms with van der Waals surface area (Å²) >= 11 is 0. The number of halogens is 3. The second-order valence-electron chi connectivity index (χ2n) is 5.59. The highest BCUT2D eigenvalue weighted by Gasteiger charge is 2.31.